The van der Waals surface area contributed by atoms with Crippen molar-refractivity contribution in [1.29, 1.82) is 0 Å². The van der Waals surface area contributed by atoms with Crippen LogP contribution >= 0.6 is 44.9 Å². The Morgan fingerprint density at radius 3 is 2.40 bits per heavy atom. The van der Waals surface area contributed by atoms with E-state index >= 15 is 0 Å². The molecule has 0 saturated heterocycles. The molecular weight excluding hydrogens is 260 g/mol. The zero-order chi connectivity index (χ0) is 7.78. The van der Waals surface area contributed by atoms with Crippen molar-refractivity contribution in [2.75, 3.05) is 0 Å². The van der Waals surface area contributed by atoms with Crippen molar-refractivity contribution in [3.63, 3.8) is 0 Å². The molecule has 0 radical (unpaired) electrons. The van der Waals surface area contributed by atoms with E-state index in [1.165, 1.54) is 0 Å². The quantitative estimate of drug-likeness (QED) is 0.597. The van der Waals surface area contributed by atoms with Crippen LogP contribution in [-0.4, -0.2) is 9.11 Å². The third kappa shape index (κ3) is 1.87. The minimum atomic E-state index is -2.95. The summed E-state index contributed by atoms with van der Waals surface area (Å²) >= 11 is 3.17. The fourth-order valence-electron chi connectivity index (χ4n) is 0.490. The Bertz CT molecular complexity index is 231. The first-order valence-electron chi connectivity index (χ1n) is 2.27. The predicted molar refractivity (Wildman–Crippen MR) is 50.7 cm³/mol. The molecule has 0 amide bonds. The highest BCUT2D eigenvalue weighted by molar-refractivity contribution is 9.12. The van der Waals surface area contributed by atoms with Gasteiger partial charge in [-0.25, -0.2) is 9.11 Å². The molecule has 0 aliphatic carbocycles. The molecule has 6 heteroatoms. The number of hydrogen-bond acceptors (Lipinski definition) is 2. The molecule has 1 aromatic heterocycles. The molecule has 1 heterocycles. The highest BCUT2D eigenvalue weighted by atomic mass is 79.9. The van der Waals surface area contributed by atoms with Gasteiger partial charge in [0.05, 0.1) is 19.5 Å². The number of halogens is 2. The summed E-state index contributed by atoms with van der Waals surface area (Å²) in [4.78, 5) is 0. The number of thiophene rings is 1. The monoisotopic (exact) mass is 263 g/mol. The van der Waals surface area contributed by atoms with Crippen LogP contribution in [0.3, 0.4) is 0 Å². The molecule has 1 atom stereocenters. The molecule has 0 aliphatic rings. The summed E-state index contributed by atoms with van der Waals surface area (Å²) in [6.45, 7) is 0. The van der Waals surface area contributed by atoms with Gasteiger partial charge in [0.25, 0.3) is 0 Å². The van der Waals surface area contributed by atoms with Crippen molar-refractivity contribution in [1.82, 2.24) is 0 Å². The van der Waals surface area contributed by atoms with Gasteiger partial charge in [-0.2, -0.15) is 0 Å². The van der Waals surface area contributed by atoms with Gasteiger partial charge < -0.3 is 0 Å². The molecule has 1 rings (SSSR count). The van der Waals surface area contributed by atoms with Crippen LogP contribution in [0.15, 0.2) is 21.3 Å². The molecule has 1 unspecified atom stereocenters. The van der Waals surface area contributed by atoms with Crippen LogP contribution in [0.4, 0.5) is 0 Å². The van der Waals surface area contributed by atoms with Gasteiger partial charge in [-0.3, -0.25) is 0 Å². The first kappa shape index (κ1) is 8.83. The Balaban J connectivity index is 3.05. The average Bonchev–Trinajstić information content (AvgIpc) is 2.11. The first-order valence-corrected chi connectivity index (χ1v) is 7.24. The standard InChI is InChI=1S/C4H4BrClO2S2/c5-4-2-1-3-9(4)10(6,7)8/h1-3H,(H-,7,8)/p+1. The minimum Gasteiger partial charge on any atom is -0.244 e. The van der Waals surface area contributed by atoms with Gasteiger partial charge in [-0.15, -0.1) is 0 Å². The predicted octanol–water partition coefficient (Wildman–Crippen LogP) is 3.87. The lowest BCUT2D eigenvalue weighted by molar-refractivity contribution is 0.526. The summed E-state index contributed by atoms with van der Waals surface area (Å²) in [5.74, 6) is 0. The maximum Gasteiger partial charge on any atom is 0.243 e. The molecule has 2 N–H and O–H groups in total. The largest absolute Gasteiger partial charge is 0.244 e. The average molecular weight is 265 g/mol. The lowest BCUT2D eigenvalue weighted by Crippen LogP contribution is -1.77. The summed E-state index contributed by atoms with van der Waals surface area (Å²) in [6, 6.07) is 3.49. The van der Waals surface area contributed by atoms with E-state index in [1.807, 2.05) is 0 Å². The van der Waals surface area contributed by atoms with E-state index in [0.717, 1.165) is 3.79 Å². The van der Waals surface area contributed by atoms with E-state index in [9.17, 15) is 0 Å². The molecule has 0 aliphatic heterocycles. The van der Waals surface area contributed by atoms with Crippen LogP contribution in [-0.2, 0) is 0 Å². The highest BCUT2D eigenvalue weighted by Gasteiger charge is 2.25. The summed E-state index contributed by atoms with van der Waals surface area (Å²) in [6.07, 6.45) is 0. The Kier molecular flexibility index (Phi) is 2.65. The summed E-state index contributed by atoms with van der Waals surface area (Å²) in [7, 11) is 1.63. The van der Waals surface area contributed by atoms with Gasteiger partial charge in [-0.1, -0.05) is 0 Å². The SMILES string of the molecule is OS(O)(Cl)[s+]1cccc1Br. The molecule has 0 spiro atoms. The smallest absolute Gasteiger partial charge is 0.243 e. The first-order chi connectivity index (χ1) is 4.52. The Morgan fingerprint density at radius 1 is 1.60 bits per heavy atom. The van der Waals surface area contributed by atoms with E-state index in [2.05, 4.69) is 15.9 Å². The van der Waals surface area contributed by atoms with E-state index in [-0.39, 0.29) is 0 Å². The Morgan fingerprint density at radius 2 is 2.20 bits per heavy atom. The van der Waals surface area contributed by atoms with Crippen LogP contribution < -0.4 is 0 Å². The van der Waals surface area contributed by atoms with Crippen LogP contribution in [0.5, 0.6) is 0 Å². The van der Waals surface area contributed by atoms with Gasteiger partial charge in [0, 0.05) is 22.0 Å². The Labute approximate surface area is 75.2 Å². The normalized spacial score (nSPS) is 15.4. The highest BCUT2D eigenvalue weighted by Crippen LogP contribution is 2.65. The lowest BCUT2D eigenvalue weighted by Gasteiger charge is -2.11. The zero-order valence-electron chi connectivity index (χ0n) is 4.70. The maximum atomic E-state index is 8.98. The summed E-state index contributed by atoms with van der Waals surface area (Å²) < 4.78 is 18.7. The van der Waals surface area contributed by atoms with Crippen LogP contribution in [0, 0.1) is 0 Å². The third-order valence-corrected chi connectivity index (χ3v) is 7.65. The Hall–Kier alpha value is 0.740. The van der Waals surface area contributed by atoms with Gasteiger partial charge >= 0.3 is 0 Å². The van der Waals surface area contributed by atoms with Gasteiger partial charge in [0.2, 0.25) is 3.79 Å². The molecule has 2 nitrogen and oxygen atoms in total. The molecule has 10 heavy (non-hydrogen) atoms. The number of hydrogen-bond donors (Lipinski definition) is 2. The van der Waals surface area contributed by atoms with Crippen LogP contribution in [0.25, 0.3) is 0 Å². The lowest BCUT2D eigenvalue weighted by atomic mass is 10.7. The topological polar surface area (TPSA) is 40.5 Å². The summed E-state index contributed by atoms with van der Waals surface area (Å²) in [5.41, 5.74) is 0. The van der Waals surface area contributed by atoms with E-state index in [1.54, 1.807) is 17.5 Å². The van der Waals surface area contributed by atoms with Crippen LogP contribution in [0.2, 0.25) is 0 Å². The van der Waals surface area contributed by atoms with Crippen molar-refractivity contribution in [2.24, 2.45) is 0 Å². The maximum absolute atomic E-state index is 8.98. The molecule has 58 valence electrons. The molecule has 1 aromatic rings. The fourth-order valence-corrected chi connectivity index (χ4v) is 6.60. The van der Waals surface area contributed by atoms with Crippen molar-refractivity contribution < 1.29 is 9.11 Å². The van der Waals surface area contributed by atoms with Gasteiger partial charge in [0.1, 0.15) is 9.50 Å². The second kappa shape index (κ2) is 3.00. The van der Waals surface area contributed by atoms with Crippen molar-refractivity contribution in [2.45, 2.75) is 0 Å². The van der Waals surface area contributed by atoms with E-state index in [0.29, 0.717) is 0 Å². The van der Waals surface area contributed by atoms with Gasteiger partial charge in [0.15, 0.2) is 5.38 Å². The third-order valence-electron chi connectivity index (χ3n) is 0.850. The molecule has 0 aromatic carbocycles. The van der Waals surface area contributed by atoms with Gasteiger partial charge in [-0.05, 0) is 6.07 Å². The molecular formula is C4H5BrClO2S2+. The summed E-state index contributed by atoms with van der Waals surface area (Å²) in [5, 5.41) is 1.67. The zero-order valence-corrected chi connectivity index (χ0v) is 8.67. The molecule has 0 fully saturated rings. The van der Waals surface area contributed by atoms with Crippen molar-refractivity contribution in [3.05, 3.63) is 21.3 Å². The second-order valence-electron chi connectivity index (χ2n) is 1.53. The van der Waals surface area contributed by atoms with E-state index < -0.39 is 18.3 Å². The van der Waals surface area contributed by atoms with Crippen molar-refractivity contribution in [3.8, 4) is 0 Å². The van der Waals surface area contributed by atoms with Crippen LogP contribution in [0.1, 0.15) is 0 Å². The fraction of sp³-hybridized carbons (Fsp3) is 0. The minimum absolute atomic E-state index is 0.732. The van der Waals surface area contributed by atoms with Crippen molar-refractivity contribution >= 4 is 44.9 Å². The molecule has 0 saturated carbocycles. The second-order valence-corrected chi connectivity index (χ2v) is 9.39. The molecule has 0 bridgehead atoms. The number of rotatable bonds is 1. The van der Waals surface area contributed by atoms with E-state index in [4.69, 9.17) is 19.8 Å².